The summed E-state index contributed by atoms with van der Waals surface area (Å²) in [6.07, 6.45) is 10.9. The smallest absolute Gasteiger partial charge is 0.0599 e. The van der Waals surface area contributed by atoms with Crippen LogP contribution >= 0.6 is 0 Å². The molecule has 2 nitrogen and oxygen atoms in total. The van der Waals surface area contributed by atoms with Crippen molar-refractivity contribution >= 4 is 0 Å². The zero-order chi connectivity index (χ0) is 11.4. The molecule has 2 rings (SSSR count). The van der Waals surface area contributed by atoms with Crippen molar-refractivity contribution in [3.8, 4) is 12.3 Å². The Kier molecular flexibility index (Phi) is 4.26. The summed E-state index contributed by atoms with van der Waals surface area (Å²) in [7, 11) is 0. The van der Waals surface area contributed by atoms with Crippen LogP contribution in [0.4, 0.5) is 0 Å². The zero-order valence-corrected chi connectivity index (χ0v) is 10.4. The third-order valence-corrected chi connectivity index (χ3v) is 4.19. The number of hydrogen-bond donors (Lipinski definition) is 1. The molecule has 0 spiro atoms. The van der Waals surface area contributed by atoms with Crippen molar-refractivity contribution in [3.05, 3.63) is 0 Å². The standard InChI is InChI=1S/C14H24N2/c1-3-8-16(9-4-2)11-14-13-7-5-6-12(13)10-15-14/h1,12-15H,4-11H2,2H3. The summed E-state index contributed by atoms with van der Waals surface area (Å²) in [4.78, 5) is 2.43. The minimum Gasteiger partial charge on any atom is -0.312 e. The predicted octanol–water partition coefficient (Wildman–Crippen LogP) is 1.72. The average molecular weight is 220 g/mol. The van der Waals surface area contributed by atoms with Crippen LogP contribution in [0.25, 0.3) is 0 Å². The number of rotatable bonds is 5. The molecule has 1 saturated carbocycles. The summed E-state index contributed by atoms with van der Waals surface area (Å²) in [5.74, 6) is 4.67. The van der Waals surface area contributed by atoms with Gasteiger partial charge in [-0.25, -0.2) is 0 Å². The van der Waals surface area contributed by atoms with Gasteiger partial charge in [-0.05, 0) is 44.2 Å². The fraction of sp³-hybridized carbons (Fsp3) is 0.857. The van der Waals surface area contributed by atoms with Gasteiger partial charge in [0.25, 0.3) is 0 Å². The van der Waals surface area contributed by atoms with Crippen molar-refractivity contribution in [2.45, 2.75) is 38.6 Å². The Morgan fingerprint density at radius 2 is 2.31 bits per heavy atom. The lowest BCUT2D eigenvalue weighted by Gasteiger charge is -2.26. The van der Waals surface area contributed by atoms with Crippen LogP contribution in [0.1, 0.15) is 32.6 Å². The third-order valence-electron chi connectivity index (χ3n) is 4.19. The molecule has 0 aromatic heterocycles. The lowest BCUT2D eigenvalue weighted by Crippen LogP contribution is -2.41. The molecule has 1 N–H and O–H groups in total. The number of hydrogen-bond acceptors (Lipinski definition) is 2. The molecule has 1 heterocycles. The van der Waals surface area contributed by atoms with Crippen molar-refractivity contribution in [1.82, 2.24) is 10.2 Å². The molecule has 0 radical (unpaired) electrons. The molecule has 1 aliphatic heterocycles. The highest BCUT2D eigenvalue weighted by molar-refractivity contribution is 4.97. The molecule has 2 fully saturated rings. The Bertz CT molecular complexity index is 256. The van der Waals surface area contributed by atoms with Gasteiger partial charge in [0.05, 0.1) is 6.54 Å². The average Bonchev–Trinajstić information content (AvgIpc) is 2.83. The van der Waals surface area contributed by atoms with Crippen LogP contribution in [0.3, 0.4) is 0 Å². The molecule has 0 amide bonds. The van der Waals surface area contributed by atoms with Crippen molar-refractivity contribution in [2.24, 2.45) is 11.8 Å². The lowest BCUT2D eigenvalue weighted by atomic mass is 9.94. The topological polar surface area (TPSA) is 15.3 Å². The SMILES string of the molecule is C#CCN(CCC)CC1NCC2CCCC21. The largest absolute Gasteiger partial charge is 0.312 e. The molecule has 1 saturated heterocycles. The first kappa shape index (κ1) is 12.0. The summed E-state index contributed by atoms with van der Waals surface area (Å²) in [5, 5.41) is 3.70. The first-order valence-corrected chi connectivity index (χ1v) is 6.74. The van der Waals surface area contributed by atoms with Gasteiger partial charge in [-0.1, -0.05) is 19.3 Å². The maximum atomic E-state index is 5.43. The number of nitrogens with zero attached hydrogens (tertiary/aromatic N) is 1. The fourth-order valence-electron chi connectivity index (χ4n) is 3.46. The molecule has 0 aromatic carbocycles. The highest BCUT2D eigenvalue weighted by Gasteiger charge is 2.39. The van der Waals surface area contributed by atoms with Crippen molar-refractivity contribution in [2.75, 3.05) is 26.2 Å². The van der Waals surface area contributed by atoms with Crippen molar-refractivity contribution < 1.29 is 0 Å². The Balaban J connectivity index is 1.85. The fourth-order valence-corrected chi connectivity index (χ4v) is 3.46. The van der Waals surface area contributed by atoms with Crippen molar-refractivity contribution in [1.29, 1.82) is 0 Å². The lowest BCUT2D eigenvalue weighted by molar-refractivity contribution is 0.248. The highest BCUT2D eigenvalue weighted by Crippen LogP contribution is 2.37. The van der Waals surface area contributed by atoms with Gasteiger partial charge in [0.15, 0.2) is 0 Å². The Morgan fingerprint density at radius 1 is 1.44 bits per heavy atom. The van der Waals surface area contributed by atoms with E-state index >= 15 is 0 Å². The van der Waals surface area contributed by atoms with Crippen LogP contribution in [0.5, 0.6) is 0 Å². The van der Waals surface area contributed by atoms with E-state index in [0.29, 0.717) is 6.04 Å². The number of terminal acetylenes is 1. The monoisotopic (exact) mass is 220 g/mol. The molecular weight excluding hydrogens is 196 g/mol. The summed E-state index contributed by atoms with van der Waals surface area (Å²) in [6, 6.07) is 0.701. The second kappa shape index (κ2) is 5.70. The molecule has 0 bridgehead atoms. The van der Waals surface area contributed by atoms with Crippen LogP contribution in [-0.4, -0.2) is 37.1 Å². The maximum Gasteiger partial charge on any atom is 0.0599 e. The molecule has 3 atom stereocenters. The van der Waals surface area contributed by atoms with Crippen LogP contribution in [0.2, 0.25) is 0 Å². The van der Waals surface area contributed by atoms with E-state index < -0.39 is 0 Å². The van der Waals surface area contributed by atoms with E-state index in [-0.39, 0.29) is 0 Å². The first-order valence-electron chi connectivity index (χ1n) is 6.74. The van der Waals surface area contributed by atoms with E-state index in [1.165, 1.54) is 32.2 Å². The molecule has 2 heteroatoms. The Hall–Kier alpha value is -0.520. The molecular formula is C14H24N2. The third kappa shape index (κ3) is 2.59. The van der Waals surface area contributed by atoms with Gasteiger partial charge in [-0.3, -0.25) is 4.90 Å². The Labute approximate surface area is 99.8 Å². The summed E-state index contributed by atoms with van der Waals surface area (Å²) in [5.41, 5.74) is 0. The minimum atomic E-state index is 0.701. The molecule has 3 unspecified atom stereocenters. The zero-order valence-electron chi connectivity index (χ0n) is 10.4. The minimum absolute atomic E-state index is 0.701. The second-order valence-corrected chi connectivity index (χ2v) is 5.31. The van der Waals surface area contributed by atoms with Gasteiger partial charge in [-0.2, -0.15) is 0 Å². The van der Waals surface area contributed by atoms with E-state index in [2.05, 4.69) is 23.1 Å². The second-order valence-electron chi connectivity index (χ2n) is 5.31. The van der Waals surface area contributed by atoms with Crippen LogP contribution in [0, 0.1) is 24.2 Å². The van der Waals surface area contributed by atoms with Gasteiger partial charge in [0.2, 0.25) is 0 Å². The van der Waals surface area contributed by atoms with Crippen LogP contribution < -0.4 is 5.32 Å². The van der Waals surface area contributed by atoms with E-state index in [1.54, 1.807) is 0 Å². The summed E-state index contributed by atoms with van der Waals surface area (Å²) >= 11 is 0. The Morgan fingerprint density at radius 3 is 3.06 bits per heavy atom. The van der Waals surface area contributed by atoms with Gasteiger partial charge >= 0.3 is 0 Å². The van der Waals surface area contributed by atoms with E-state index in [9.17, 15) is 0 Å². The molecule has 1 aliphatic carbocycles. The molecule has 0 aromatic rings. The number of nitrogens with one attached hydrogen (secondary N) is 1. The highest BCUT2D eigenvalue weighted by atomic mass is 15.2. The maximum absolute atomic E-state index is 5.43. The first-order chi connectivity index (χ1) is 7.85. The van der Waals surface area contributed by atoms with Gasteiger partial charge in [0, 0.05) is 12.6 Å². The van der Waals surface area contributed by atoms with E-state index in [4.69, 9.17) is 6.42 Å². The molecule has 2 aliphatic rings. The summed E-state index contributed by atoms with van der Waals surface area (Å²) in [6.45, 7) is 6.57. The normalized spacial score (nSPS) is 32.9. The number of fused-ring (bicyclic) bond motifs is 1. The van der Waals surface area contributed by atoms with Gasteiger partial charge in [0.1, 0.15) is 0 Å². The van der Waals surface area contributed by atoms with Crippen LogP contribution in [0.15, 0.2) is 0 Å². The van der Waals surface area contributed by atoms with Gasteiger partial charge < -0.3 is 5.32 Å². The van der Waals surface area contributed by atoms with Crippen LogP contribution in [-0.2, 0) is 0 Å². The van der Waals surface area contributed by atoms with Gasteiger partial charge in [-0.15, -0.1) is 6.42 Å². The molecule has 90 valence electrons. The van der Waals surface area contributed by atoms with E-state index in [0.717, 1.165) is 31.5 Å². The van der Waals surface area contributed by atoms with Crippen molar-refractivity contribution in [3.63, 3.8) is 0 Å². The summed E-state index contributed by atoms with van der Waals surface area (Å²) < 4.78 is 0. The van der Waals surface area contributed by atoms with E-state index in [1.807, 2.05) is 0 Å². The predicted molar refractivity (Wildman–Crippen MR) is 68.2 cm³/mol. The molecule has 16 heavy (non-hydrogen) atoms. The quantitative estimate of drug-likeness (QED) is 0.710.